The standard InChI is InChI=1S/C13H13NO2/c1-16-9-14-13(15)12-8-4-6-10-5-2-3-7-11(10)12/h2-8H,9H2,1H3,(H,14,15). The van der Waals surface area contributed by atoms with Gasteiger partial charge in [0.15, 0.2) is 0 Å². The van der Waals surface area contributed by atoms with Crippen LogP contribution in [0.25, 0.3) is 10.8 Å². The van der Waals surface area contributed by atoms with Crippen LogP contribution >= 0.6 is 0 Å². The fraction of sp³-hybridized carbons (Fsp3) is 0.154. The Bertz CT molecular complexity index is 503. The van der Waals surface area contributed by atoms with Crippen LogP contribution in [0.2, 0.25) is 0 Å². The molecule has 0 saturated heterocycles. The molecule has 0 fully saturated rings. The van der Waals surface area contributed by atoms with Crippen molar-refractivity contribution in [1.29, 1.82) is 0 Å². The van der Waals surface area contributed by atoms with Crippen LogP contribution in [0.1, 0.15) is 10.4 Å². The van der Waals surface area contributed by atoms with E-state index in [0.29, 0.717) is 5.56 Å². The Morgan fingerprint density at radius 3 is 2.75 bits per heavy atom. The molecule has 0 unspecified atom stereocenters. The molecule has 0 aliphatic carbocycles. The zero-order valence-corrected chi connectivity index (χ0v) is 9.07. The van der Waals surface area contributed by atoms with E-state index in [0.717, 1.165) is 10.8 Å². The first-order chi connectivity index (χ1) is 7.83. The molecule has 0 radical (unpaired) electrons. The highest BCUT2D eigenvalue weighted by Gasteiger charge is 2.07. The summed E-state index contributed by atoms with van der Waals surface area (Å²) < 4.78 is 4.81. The molecule has 2 rings (SSSR count). The van der Waals surface area contributed by atoms with Gasteiger partial charge in [0, 0.05) is 12.7 Å². The minimum Gasteiger partial charge on any atom is -0.364 e. The number of hydrogen-bond acceptors (Lipinski definition) is 2. The Balaban J connectivity index is 2.40. The molecule has 2 aromatic rings. The summed E-state index contributed by atoms with van der Waals surface area (Å²) in [4.78, 5) is 11.8. The minimum absolute atomic E-state index is 0.112. The molecule has 0 aromatic heterocycles. The molecule has 0 aliphatic rings. The molecule has 0 bridgehead atoms. The van der Waals surface area contributed by atoms with Gasteiger partial charge in [-0.25, -0.2) is 0 Å². The molecule has 0 atom stereocenters. The van der Waals surface area contributed by atoms with Gasteiger partial charge in [-0.05, 0) is 16.8 Å². The second-order valence-electron chi connectivity index (χ2n) is 3.47. The molecule has 2 aromatic carbocycles. The highest BCUT2D eigenvalue weighted by atomic mass is 16.5. The molecule has 3 heteroatoms. The maximum absolute atomic E-state index is 11.8. The van der Waals surface area contributed by atoms with Crippen LogP contribution < -0.4 is 5.32 Å². The van der Waals surface area contributed by atoms with Crippen molar-refractivity contribution < 1.29 is 9.53 Å². The molecule has 16 heavy (non-hydrogen) atoms. The lowest BCUT2D eigenvalue weighted by molar-refractivity contribution is 0.0874. The van der Waals surface area contributed by atoms with E-state index in [1.807, 2.05) is 42.5 Å². The topological polar surface area (TPSA) is 38.3 Å². The van der Waals surface area contributed by atoms with E-state index >= 15 is 0 Å². The van der Waals surface area contributed by atoms with E-state index in [2.05, 4.69) is 5.32 Å². The maximum Gasteiger partial charge on any atom is 0.253 e. The van der Waals surface area contributed by atoms with Crippen LogP contribution in [0.4, 0.5) is 0 Å². The second-order valence-corrected chi connectivity index (χ2v) is 3.47. The van der Waals surface area contributed by atoms with Gasteiger partial charge < -0.3 is 10.1 Å². The molecule has 82 valence electrons. The van der Waals surface area contributed by atoms with Gasteiger partial charge in [0.1, 0.15) is 6.73 Å². The summed E-state index contributed by atoms with van der Waals surface area (Å²) in [5, 5.41) is 4.70. The molecular formula is C13H13NO2. The van der Waals surface area contributed by atoms with Gasteiger partial charge in [0.2, 0.25) is 0 Å². The Morgan fingerprint density at radius 2 is 1.94 bits per heavy atom. The number of amides is 1. The first-order valence-corrected chi connectivity index (χ1v) is 5.08. The first kappa shape index (κ1) is 10.6. The van der Waals surface area contributed by atoms with Crippen molar-refractivity contribution in [3.63, 3.8) is 0 Å². The van der Waals surface area contributed by atoms with Gasteiger partial charge in [-0.3, -0.25) is 4.79 Å². The summed E-state index contributed by atoms with van der Waals surface area (Å²) in [6, 6.07) is 13.5. The van der Waals surface area contributed by atoms with Crippen molar-refractivity contribution in [1.82, 2.24) is 5.32 Å². The van der Waals surface area contributed by atoms with Crippen molar-refractivity contribution >= 4 is 16.7 Å². The molecular weight excluding hydrogens is 202 g/mol. The Morgan fingerprint density at radius 1 is 1.19 bits per heavy atom. The molecule has 0 spiro atoms. The van der Waals surface area contributed by atoms with Gasteiger partial charge in [-0.15, -0.1) is 0 Å². The number of carbonyl (C=O) groups is 1. The van der Waals surface area contributed by atoms with Gasteiger partial charge >= 0.3 is 0 Å². The normalized spacial score (nSPS) is 10.3. The first-order valence-electron chi connectivity index (χ1n) is 5.08. The molecule has 0 heterocycles. The molecule has 0 saturated carbocycles. The Labute approximate surface area is 94.0 Å². The van der Waals surface area contributed by atoms with Crippen LogP contribution in [0, 0.1) is 0 Å². The molecule has 1 N–H and O–H groups in total. The van der Waals surface area contributed by atoms with Crippen LogP contribution in [-0.4, -0.2) is 19.7 Å². The van der Waals surface area contributed by atoms with E-state index < -0.39 is 0 Å². The predicted octanol–water partition coefficient (Wildman–Crippen LogP) is 2.17. The molecule has 3 nitrogen and oxygen atoms in total. The quantitative estimate of drug-likeness (QED) is 0.797. The third kappa shape index (κ3) is 2.04. The average Bonchev–Trinajstić information content (AvgIpc) is 2.35. The Kier molecular flexibility index (Phi) is 3.17. The Hall–Kier alpha value is -1.87. The number of benzene rings is 2. The van der Waals surface area contributed by atoms with Crippen molar-refractivity contribution in [2.75, 3.05) is 13.8 Å². The lowest BCUT2D eigenvalue weighted by Crippen LogP contribution is -2.25. The van der Waals surface area contributed by atoms with Gasteiger partial charge in [0.25, 0.3) is 5.91 Å². The maximum atomic E-state index is 11.8. The minimum atomic E-state index is -0.112. The lowest BCUT2D eigenvalue weighted by Gasteiger charge is -2.06. The highest BCUT2D eigenvalue weighted by Crippen LogP contribution is 2.18. The fourth-order valence-electron chi connectivity index (χ4n) is 1.66. The van der Waals surface area contributed by atoms with Crippen LogP contribution in [0.15, 0.2) is 42.5 Å². The number of rotatable bonds is 3. The molecule has 0 aliphatic heterocycles. The van der Waals surface area contributed by atoms with Crippen molar-refractivity contribution in [3.05, 3.63) is 48.0 Å². The third-order valence-electron chi connectivity index (χ3n) is 2.41. The third-order valence-corrected chi connectivity index (χ3v) is 2.41. The van der Waals surface area contributed by atoms with Crippen molar-refractivity contribution in [3.8, 4) is 0 Å². The average molecular weight is 215 g/mol. The van der Waals surface area contributed by atoms with E-state index in [1.165, 1.54) is 0 Å². The number of methoxy groups -OCH3 is 1. The van der Waals surface area contributed by atoms with Gasteiger partial charge in [-0.2, -0.15) is 0 Å². The lowest BCUT2D eigenvalue weighted by atomic mass is 10.0. The van der Waals surface area contributed by atoms with Gasteiger partial charge in [0.05, 0.1) is 0 Å². The van der Waals surface area contributed by atoms with Gasteiger partial charge in [-0.1, -0.05) is 36.4 Å². The summed E-state index contributed by atoms with van der Waals surface area (Å²) in [5.74, 6) is -0.112. The number of carbonyl (C=O) groups excluding carboxylic acids is 1. The van der Waals surface area contributed by atoms with Crippen LogP contribution in [-0.2, 0) is 4.74 Å². The summed E-state index contributed by atoms with van der Waals surface area (Å²) >= 11 is 0. The SMILES string of the molecule is COCNC(=O)c1cccc2ccccc12. The number of fused-ring (bicyclic) bond motifs is 1. The summed E-state index contributed by atoms with van der Waals surface area (Å²) in [7, 11) is 1.55. The van der Waals surface area contributed by atoms with Crippen molar-refractivity contribution in [2.45, 2.75) is 0 Å². The van der Waals surface area contributed by atoms with Crippen LogP contribution in [0.5, 0.6) is 0 Å². The van der Waals surface area contributed by atoms with E-state index in [1.54, 1.807) is 7.11 Å². The van der Waals surface area contributed by atoms with E-state index in [9.17, 15) is 4.79 Å². The second kappa shape index (κ2) is 4.77. The van der Waals surface area contributed by atoms with Crippen LogP contribution in [0.3, 0.4) is 0 Å². The highest BCUT2D eigenvalue weighted by molar-refractivity contribution is 6.06. The zero-order valence-electron chi connectivity index (χ0n) is 9.07. The van der Waals surface area contributed by atoms with E-state index in [-0.39, 0.29) is 12.6 Å². The molecule has 1 amide bonds. The number of nitrogens with one attached hydrogen (secondary N) is 1. The summed E-state index contributed by atoms with van der Waals surface area (Å²) in [6.45, 7) is 0.224. The number of hydrogen-bond donors (Lipinski definition) is 1. The summed E-state index contributed by atoms with van der Waals surface area (Å²) in [5.41, 5.74) is 0.676. The largest absolute Gasteiger partial charge is 0.364 e. The zero-order chi connectivity index (χ0) is 11.4. The summed E-state index contributed by atoms with van der Waals surface area (Å²) in [6.07, 6.45) is 0. The van der Waals surface area contributed by atoms with Crippen molar-refractivity contribution in [2.24, 2.45) is 0 Å². The monoisotopic (exact) mass is 215 g/mol. The smallest absolute Gasteiger partial charge is 0.253 e. The fourth-order valence-corrected chi connectivity index (χ4v) is 1.66. The van der Waals surface area contributed by atoms with E-state index in [4.69, 9.17) is 4.74 Å². The predicted molar refractivity (Wildman–Crippen MR) is 63.3 cm³/mol. The number of ether oxygens (including phenoxy) is 1.